The molecule has 0 radical (unpaired) electrons. The van der Waals surface area contributed by atoms with Gasteiger partial charge >= 0.3 is 0 Å². The molecule has 0 saturated heterocycles. The Hall–Kier alpha value is -2.43. The average molecular weight is 298 g/mol. The van der Waals surface area contributed by atoms with E-state index in [2.05, 4.69) is 28.5 Å². The zero-order chi connectivity index (χ0) is 15.5. The molecule has 0 aliphatic carbocycles. The molecule has 2 heterocycles. The maximum atomic E-state index is 13.2. The Balaban J connectivity index is 2.00. The number of imidazole rings is 1. The molecular formula is C17H19FN4. The Morgan fingerprint density at radius 3 is 2.55 bits per heavy atom. The van der Waals surface area contributed by atoms with Gasteiger partial charge in [-0.1, -0.05) is 19.1 Å². The summed E-state index contributed by atoms with van der Waals surface area (Å²) in [4.78, 5) is 4.30. The van der Waals surface area contributed by atoms with Gasteiger partial charge in [0, 0.05) is 18.3 Å². The molecule has 22 heavy (non-hydrogen) atoms. The number of hydrogen-bond acceptors (Lipinski definition) is 2. The molecule has 3 aromatic rings. The summed E-state index contributed by atoms with van der Waals surface area (Å²) in [6.45, 7) is 5.01. The lowest BCUT2D eigenvalue weighted by Gasteiger charge is -2.19. The van der Waals surface area contributed by atoms with Crippen molar-refractivity contribution in [3.8, 4) is 11.3 Å². The second kappa shape index (κ2) is 6.13. The third-order valence-corrected chi connectivity index (χ3v) is 3.90. The van der Waals surface area contributed by atoms with Crippen LogP contribution in [0.1, 0.15) is 31.9 Å². The van der Waals surface area contributed by atoms with Gasteiger partial charge < -0.3 is 4.57 Å². The minimum atomic E-state index is -0.214. The van der Waals surface area contributed by atoms with Crippen LogP contribution in [0.3, 0.4) is 0 Å². The van der Waals surface area contributed by atoms with Gasteiger partial charge in [-0.05, 0) is 31.0 Å². The van der Waals surface area contributed by atoms with Crippen LogP contribution >= 0.6 is 0 Å². The Morgan fingerprint density at radius 2 is 1.91 bits per heavy atom. The van der Waals surface area contributed by atoms with Gasteiger partial charge in [0.15, 0.2) is 0 Å². The van der Waals surface area contributed by atoms with E-state index in [4.69, 9.17) is 0 Å². The number of aryl methyl sites for hydroxylation is 1. The fourth-order valence-electron chi connectivity index (χ4n) is 2.72. The van der Waals surface area contributed by atoms with Crippen molar-refractivity contribution in [2.24, 2.45) is 0 Å². The van der Waals surface area contributed by atoms with E-state index >= 15 is 0 Å². The van der Waals surface area contributed by atoms with E-state index in [0.717, 1.165) is 29.8 Å². The number of halogens is 1. The molecule has 0 bridgehead atoms. The van der Waals surface area contributed by atoms with Gasteiger partial charge in [0.05, 0.1) is 30.5 Å². The molecule has 1 aromatic carbocycles. The number of benzene rings is 1. The van der Waals surface area contributed by atoms with Crippen molar-refractivity contribution in [3.63, 3.8) is 0 Å². The Kier molecular flexibility index (Phi) is 4.04. The summed E-state index contributed by atoms with van der Waals surface area (Å²) < 4.78 is 17.2. The molecule has 114 valence electrons. The molecule has 1 atom stereocenters. The van der Waals surface area contributed by atoms with E-state index in [-0.39, 0.29) is 11.9 Å². The van der Waals surface area contributed by atoms with E-state index in [1.54, 1.807) is 0 Å². The highest BCUT2D eigenvalue weighted by Crippen LogP contribution is 2.28. The number of nitrogens with zero attached hydrogens (tertiary/aromatic N) is 4. The monoisotopic (exact) mass is 298 g/mol. The second-order valence-electron chi connectivity index (χ2n) is 5.25. The summed E-state index contributed by atoms with van der Waals surface area (Å²) in [5, 5.41) is 4.33. The molecule has 4 nitrogen and oxygen atoms in total. The lowest BCUT2D eigenvalue weighted by Crippen LogP contribution is -2.10. The third-order valence-electron chi connectivity index (χ3n) is 3.90. The average Bonchev–Trinajstić information content (AvgIpc) is 3.18. The molecule has 1 unspecified atom stereocenters. The Morgan fingerprint density at radius 1 is 1.14 bits per heavy atom. The van der Waals surface area contributed by atoms with Crippen LogP contribution in [0.25, 0.3) is 11.3 Å². The smallest absolute Gasteiger partial charge is 0.123 e. The van der Waals surface area contributed by atoms with Gasteiger partial charge in [-0.25, -0.2) is 9.37 Å². The fourth-order valence-corrected chi connectivity index (χ4v) is 2.72. The van der Waals surface area contributed by atoms with E-state index < -0.39 is 0 Å². The van der Waals surface area contributed by atoms with Gasteiger partial charge in [-0.2, -0.15) is 5.10 Å². The first-order chi connectivity index (χ1) is 10.7. The zero-order valence-corrected chi connectivity index (χ0v) is 12.8. The van der Waals surface area contributed by atoms with Crippen LogP contribution in [0, 0.1) is 5.82 Å². The van der Waals surface area contributed by atoms with Gasteiger partial charge in [0.1, 0.15) is 5.82 Å². The van der Waals surface area contributed by atoms with Crippen molar-refractivity contribution >= 4 is 0 Å². The van der Waals surface area contributed by atoms with Crippen molar-refractivity contribution in [3.05, 3.63) is 60.6 Å². The molecule has 2 aromatic heterocycles. The predicted molar refractivity (Wildman–Crippen MR) is 84.0 cm³/mol. The topological polar surface area (TPSA) is 35.6 Å². The summed E-state index contributed by atoms with van der Waals surface area (Å²) in [6, 6.07) is 6.81. The molecule has 0 aliphatic heterocycles. The lowest BCUT2D eigenvalue weighted by molar-refractivity contribution is 0.567. The first-order valence-electron chi connectivity index (χ1n) is 7.53. The Labute approximate surface area is 129 Å². The molecule has 5 heteroatoms. The molecule has 0 aliphatic rings. The van der Waals surface area contributed by atoms with E-state index in [9.17, 15) is 4.39 Å². The molecule has 3 rings (SSSR count). The van der Waals surface area contributed by atoms with Crippen molar-refractivity contribution in [2.75, 3.05) is 0 Å². The summed E-state index contributed by atoms with van der Waals surface area (Å²) in [6.07, 6.45) is 8.45. The van der Waals surface area contributed by atoms with Gasteiger partial charge in [-0.3, -0.25) is 4.68 Å². The van der Waals surface area contributed by atoms with Crippen LogP contribution in [0.15, 0.2) is 49.2 Å². The number of hydrogen-bond donors (Lipinski definition) is 0. The molecule has 0 amide bonds. The minimum Gasteiger partial charge on any atom is -0.323 e. The lowest BCUT2D eigenvalue weighted by atomic mass is 10.0. The van der Waals surface area contributed by atoms with Crippen LogP contribution in [0.4, 0.5) is 4.39 Å². The Bertz CT molecular complexity index is 742. The maximum absolute atomic E-state index is 13.2. The first-order valence-corrected chi connectivity index (χ1v) is 7.53. The predicted octanol–water partition coefficient (Wildman–Crippen LogP) is 3.91. The third kappa shape index (κ3) is 2.66. The maximum Gasteiger partial charge on any atom is 0.123 e. The van der Waals surface area contributed by atoms with Gasteiger partial charge in [-0.15, -0.1) is 0 Å². The SMILES string of the molecule is CCC(c1ccc(F)cc1)n1cncc1-c1cnn(CC)c1. The standard InChI is InChI=1S/C17H19FN4/c1-3-16(13-5-7-15(18)8-6-13)22-12-19-10-17(22)14-9-20-21(4-2)11-14/h5-12,16H,3-4H2,1-2H3. The van der Waals surface area contributed by atoms with Gasteiger partial charge in [0.2, 0.25) is 0 Å². The molecule has 0 fully saturated rings. The van der Waals surface area contributed by atoms with Crippen molar-refractivity contribution in [2.45, 2.75) is 32.9 Å². The highest BCUT2D eigenvalue weighted by atomic mass is 19.1. The first kappa shape index (κ1) is 14.5. The summed E-state index contributed by atoms with van der Waals surface area (Å²) in [5.74, 6) is -0.214. The van der Waals surface area contributed by atoms with Crippen molar-refractivity contribution < 1.29 is 4.39 Å². The summed E-state index contributed by atoms with van der Waals surface area (Å²) >= 11 is 0. The quantitative estimate of drug-likeness (QED) is 0.716. The van der Waals surface area contributed by atoms with Crippen LogP contribution in [-0.4, -0.2) is 19.3 Å². The fraction of sp³-hybridized carbons (Fsp3) is 0.294. The van der Waals surface area contributed by atoms with Crippen LogP contribution in [0.2, 0.25) is 0 Å². The normalized spacial score (nSPS) is 12.5. The summed E-state index contributed by atoms with van der Waals surface area (Å²) in [5.41, 5.74) is 3.14. The largest absolute Gasteiger partial charge is 0.323 e. The van der Waals surface area contributed by atoms with E-state index in [1.807, 2.05) is 41.7 Å². The van der Waals surface area contributed by atoms with Crippen LogP contribution in [0.5, 0.6) is 0 Å². The number of rotatable bonds is 5. The number of aromatic nitrogens is 4. The second-order valence-corrected chi connectivity index (χ2v) is 5.25. The van der Waals surface area contributed by atoms with Crippen molar-refractivity contribution in [1.82, 2.24) is 19.3 Å². The van der Waals surface area contributed by atoms with Crippen LogP contribution < -0.4 is 0 Å². The molecule has 0 N–H and O–H groups in total. The minimum absolute atomic E-state index is 0.128. The zero-order valence-electron chi connectivity index (χ0n) is 12.8. The van der Waals surface area contributed by atoms with E-state index in [1.165, 1.54) is 12.1 Å². The highest BCUT2D eigenvalue weighted by molar-refractivity contribution is 5.57. The molecular weight excluding hydrogens is 279 g/mol. The summed E-state index contributed by atoms with van der Waals surface area (Å²) in [7, 11) is 0. The van der Waals surface area contributed by atoms with Crippen LogP contribution in [-0.2, 0) is 6.54 Å². The molecule has 0 spiro atoms. The molecule has 0 saturated carbocycles. The highest BCUT2D eigenvalue weighted by Gasteiger charge is 2.16. The van der Waals surface area contributed by atoms with Gasteiger partial charge in [0.25, 0.3) is 0 Å². The van der Waals surface area contributed by atoms with E-state index in [0.29, 0.717) is 0 Å². The van der Waals surface area contributed by atoms with Crippen molar-refractivity contribution in [1.29, 1.82) is 0 Å².